The Morgan fingerprint density at radius 2 is 1.33 bits per heavy atom. The van der Waals surface area contributed by atoms with E-state index in [4.69, 9.17) is 9.47 Å². The van der Waals surface area contributed by atoms with Crippen LogP contribution in [0.4, 0.5) is 0 Å². The Balaban J connectivity index is 4.58. The molecule has 0 bridgehead atoms. The quantitative estimate of drug-likeness (QED) is 0.366. The van der Waals surface area contributed by atoms with Crippen LogP contribution < -0.4 is 0 Å². The second-order valence-electron chi connectivity index (χ2n) is 5.83. The molecule has 0 atom stereocenters. The van der Waals surface area contributed by atoms with Gasteiger partial charge in [-0.25, -0.2) is 0 Å². The van der Waals surface area contributed by atoms with Crippen molar-refractivity contribution in [2.45, 2.75) is 53.4 Å². The number of hydrogen-bond acceptors (Lipinski definition) is 4. The van der Waals surface area contributed by atoms with Crippen molar-refractivity contribution in [1.29, 1.82) is 0 Å². The molecule has 4 heteroatoms. The Bertz CT molecular complexity index is 211. The van der Waals surface area contributed by atoms with Crippen molar-refractivity contribution in [1.82, 2.24) is 4.90 Å². The van der Waals surface area contributed by atoms with Crippen LogP contribution in [-0.4, -0.2) is 56.7 Å². The maximum atomic E-state index is 5.54. The summed E-state index contributed by atoms with van der Waals surface area (Å²) in [6, 6.07) is 0. The number of nitrogens with zero attached hydrogens (tertiary/aromatic N) is 1. The van der Waals surface area contributed by atoms with Gasteiger partial charge in [0.2, 0.25) is 0 Å². The average molecular weight is 320 g/mol. The molecule has 0 saturated heterocycles. The summed E-state index contributed by atoms with van der Waals surface area (Å²) in [5.41, 5.74) is 0.338. The molecule has 0 aromatic rings. The van der Waals surface area contributed by atoms with Crippen LogP contribution in [0.5, 0.6) is 0 Å². The highest BCUT2D eigenvalue weighted by Crippen LogP contribution is 2.32. The van der Waals surface area contributed by atoms with E-state index in [-0.39, 0.29) is 0 Å². The third kappa shape index (κ3) is 9.77. The van der Waals surface area contributed by atoms with E-state index in [0.717, 1.165) is 51.8 Å². The minimum atomic E-state index is 0.338. The van der Waals surface area contributed by atoms with Gasteiger partial charge in [0.25, 0.3) is 0 Å². The maximum Gasteiger partial charge on any atom is 0.0593 e. The monoisotopic (exact) mass is 319 g/mol. The van der Waals surface area contributed by atoms with E-state index in [1.54, 1.807) is 0 Å². The van der Waals surface area contributed by atoms with Crippen molar-refractivity contribution >= 4 is 12.6 Å². The summed E-state index contributed by atoms with van der Waals surface area (Å²) >= 11 is 4.67. The molecule has 0 fully saturated rings. The Labute approximate surface area is 138 Å². The molecule has 0 rings (SSSR count). The van der Waals surface area contributed by atoms with E-state index in [1.807, 2.05) is 0 Å². The Hall–Kier alpha value is 0.230. The number of thiol groups is 1. The van der Waals surface area contributed by atoms with Gasteiger partial charge in [-0.2, -0.15) is 12.6 Å². The van der Waals surface area contributed by atoms with Crippen molar-refractivity contribution < 1.29 is 9.47 Å². The van der Waals surface area contributed by atoms with Gasteiger partial charge in [0.05, 0.1) is 13.2 Å². The first-order valence-corrected chi connectivity index (χ1v) is 9.29. The van der Waals surface area contributed by atoms with E-state index in [1.165, 1.54) is 25.7 Å². The Morgan fingerprint density at radius 3 is 1.67 bits per heavy atom. The van der Waals surface area contributed by atoms with E-state index in [2.05, 4.69) is 45.2 Å². The summed E-state index contributed by atoms with van der Waals surface area (Å²) in [6.45, 7) is 14.9. The predicted octanol–water partition coefficient (Wildman–Crippen LogP) is 3.88. The topological polar surface area (TPSA) is 21.7 Å². The van der Waals surface area contributed by atoms with Crippen LogP contribution in [0.3, 0.4) is 0 Å². The number of rotatable bonds is 15. The lowest BCUT2D eigenvalue weighted by Crippen LogP contribution is -2.42. The van der Waals surface area contributed by atoms with Gasteiger partial charge >= 0.3 is 0 Å². The van der Waals surface area contributed by atoms with Crippen molar-refractivity contribution in [2.24, 2.45) is 5.41 Å². The SMILES string of the molecule is CCCC(CS)(CCC)CN(CCOCC)CCOCC. The number of ether oxygens (including phenoxy) is 2. The molecular formula is C17H37NO2S. The fourth-order valence-corrected chi connectivity index (χ4v) is 3.39. The normalized spacial score (nSPS) is 12.3. The highest BCUT2D eigenvalue weighted by Gasteiger charge is 2.29. The molecule has 0 aromatic heterocycles. The molecule has 3 nitrogen and oxygen atoms in total. The molecule has 0 saturated carbocycles. The van der Waals surface area contributed by atoms with Gasteiger partial charge in [-0.1, -0.05) is 26.7 Å². The fraction of sp³-hybridized carbons (Fsp3) is 1.00. The molecule has 0 aliphatic rings. The van der Waals surface area contributed by atoms with E-state index < -0.39 is 0 Å². The van der Waals surface area contributed by atoms with Gasteiger partial charge in [0, 0.05) is 32.8 Å². The summed E-state index contributed by atoms with van der Waals surface area (Å²) in [5.74, 6) is 0.967. The molecule has 0 unspecified atom stereocenters. The molecule has 0 heterocycles. The van der Waals surface area contributed by atoms with Crippen LogP contribution in [0.1, 0.15) is 53.4 Å². The molecule has 0 aliphatic heterocycles. The zero-order valence-electron chi connectivity index (χ0n) is 14.7. The minimum Gasteiger partial charge on any atom is -0.380 e. The molecule has 0 spiro atoms. The zero-order valence-corrected chi connectivity index (χ0v) is 15.6. The van der Waals surface area contributed by atoms with Gasteiger partial charge in [-0.15, -0.1) is 0 Å². The van der Waals surface area contributed by atoms with E-state index in [0.29, 0.717) is 5.41 Å². The predicted molar refractivity (Wildman–Crippen MR) is 95.5 cm³/mol. The second-order valence-corrected chi connectivity index (χ2v) is 6.14. The molecule has 128 valence electrons. The molecule has 0 radical (unpaired) electrons. The van der Waals surface area contributed by atoms with Crippen LogP contribution in [0.25, 0.3) is 0 Å². The van der Waals surface area contributed by atoms with E-state index in [9.17, 15) is 0 Å². The Kier molecular flexibility index (Phi) is 14.0. The average Bonchev–Trinajstić information content (AvgIpc) is 2.48. The van der Waals surface area contributed by atoms with Crippen LogP contribution in [0, 0.1) is 5.41 Å². The van der Waals surface area contributed by atoms with Crippen LogP contribution >= 0.6 is 12.6 Å². The summed E-state index contributed by atoms with van der Waals surface area (Å²) in [4.78, 5) is 2.51. The van der Waals surface area contributed by atoms with Crippen LogP contribution in [0.15, 0.2) is 0 Å². The molecule has 0 aliphatic carbocycles. The highest BCUT2D eigenvalue weighted by molar-refractivity contribution is 7.80. The molecule has 0 amide bonds. The van der Waals surface area contributed by atoms with Crippen LogP contribution in [-0.2, 0) is 9.47 Å². The lowest BCUT2D eigenvalue weighted by atomic mass is 9.80. The molecule has 0 aromatic carbocycles. The second kappa shape index (κ2) is 13.9. The first-order valence-electron chi connectivity index (χ1n) is 8.66. The van der Waals surface area contributed by atoms with Gasteiger partial charge in [0.1, 0.15) is 0 Å². The summed E-state index contributed by atoms with van der Waals surface area (Å²) in [6.07, 6.45) is 4.96. The lowest BCUT2D eigenvalue weighted by molar-refractivity contribution is 0.0585. The van der Waals surface area contributed by atoms with Crippen molar-refractivity contribution in [3.63, 3.8) is 0 Å². The first kappa shape index (κ1) is 21.2. The van der Waals surface area contributed by atoms with Gasteiger partial charge < -0.3 is 9.47 Å². The van der Waals surface area contributed by atoms with Crippen molar-refractivity contribution in [3.8, 4) is 0 Å². The number of hydrogen-bond donors (Lipinski definition) is 1. The van der Waals surface area contributed by atoms with Crippen molar-refractivity contribution in [3.05, 3.63) is 0 Å². The molecule has 0 N–H and O–H groups in total. The fourth-order valence-electron chi connectivity index (χ4n) is 2.97. The van der Waals surface area contributed by atoms with Gasteiger partial charge in [-0.3, -0.25) is 4.90 Å². The molecular weight excluding hydrogens is 282 g/mol. The first-order chi connectivity index (χ1) is 10.2. The smallest absolute Gasteiger partial charge is 0.0593 e. The Morgan fingerprint density at radius 1 is 0.857 bits per heavy atom. The summed E-state index contributed by atoms with van der Waals surface area (Å²) < 4.78 is 11.1. The summed E-state index contributed by atoms with van der Waals surface area (Å²) in [7, 11) is 0. The third-order valence-corrected chi connectivity index (χ3v) is 4.64. The van der Waals surface area contributed by atoms with E-state index >= 15 is 0 Å². The largest absolute Gasteiger partial charge is 0.380 e. The standard InChI is InChI=1S/C17H37NO2S/c1-5-9-17(16-21,10-6-2)15-18(11-13-19-7-3)12-14-20-8-4/h21H,5-16H2,1-4H3. The third-order valence-electron chi connectivity index (χ3n) is 3.97. The van der Waals surface area contributed by atoms with Crippen LogP contribution in [0.2, 0.25) is 0 Å². The lowest BCUT2D eigenvalue weighted by Gasteiger charge is -2.37. The maximum absolute atomic E-state index is 5.54. The van der Waals surface area contributed by atoms with Crippen molar-refractivity contribution in [2.75, 3.05) is 51.8 Å². The van der Waals surface area contributed by atoms with Gasteiger partial charge in [0.15, 0.2) is 0 Å². The summed E-state index contributed by atoms with van der Waals surface area (Å²) in [5, 5.41) is 0. The zero-order chi connectivity index (χ0) is 16.0. The van der Waals surface area contributed by atoms with Gasteiger partial charge in [-0.05, 0) is 37.9 Å². The minimum absolute atomic E-state index is 0.338. The highest BCUT2D eigenvalue weighted by atomic mass is 32.1. The molecule has 21 heavy (non-hydrogen) atoms.